The second kappa shape index (κ2) is 12.1. The lowest BCUT2D eigenvalue weighted by molar-refractivity contribution is -0.139. The van der Waals surface area contributed by atoms with Crippen molar-refractivity contribution in [2.24, 2.45) is 0 Å². The molecule has 37 heavy (non-hydrogen) atoms. The van der Waals surface area contributed by atoms with Crippen molar-refractivity contribution in [3.05, 3.63) is 95.6 Å². The molecule has 0 spiro atoms. The molecule has 3 rings (SSSR count). The number of rotatable bonds is 10. The van der Waals surface area contributed by atoms with Crippen LogP contribution in [0.4, 0.5) is 5.69 Å². The fraction of sp³-hybridized carbons (Fsp3) is 0.310. The maximum Gasteiger partial charge on any atom is 0.264 e. The summed E-state index contributed by atoms with van der Waals surface area (Å²) in [5, 5.41) is 2.85. The third-order valence-corrected chi connectivity index (χ3v) is 7.97. The van der Waals surface area contributed by atoms with Crippen molar-refractivity contribution in [2.75, 3.05) is 10.8 Å². The van der Waals surface area contributed by atoms with E-state index in [-0.39, 0.29) is 23.4 Å². The van der Waals surface area contributed by atoms with Gasteiger partial charge in [0.2, 0.25) is 11.8 Å². The van der Waals surface area contributed by atoms with Crippen LogP contribution in [-0.4, -0.2) is 43.8 Å². The van der Waals surface area contributed by atoms with Crippen LogP contribution in [0.2, 0.25) is 0 Å². The van der Waals surface area contributed by atoms with E-state index in [1.54, 1.807) is 37.3 Å². The highest BCUT2D eigenvalue weighted by Crippen LogP contribution is 2.26. The molecule has 0 heterocycles. The Labute approximate surface area is 220 Å². The van der Waals surface area contributed by atoms with Crippen molar-refractivity contribution < 1.29 is 18.0 Å². The van der Waals surface area contributed by atoms with E-state index in [9.17, 15) is 18.0 Å². The van der Waals surface area contributed by atoms with Gasteiger partial charge >= 0.3 is 0 Å². The van der Waals surface area contributed by atoms with Crippen molar-refractivity contribution in [3.63, 3.8) is 0 Å². The first-order valence-electron chi connectivity index (χ1n) is 12.3. The molecule has 0 aromatic heterocycles. The molecule has 1 atom stereocenters. The molecule has 0 fully saturated rings. The van der Waals surface area contributed by atoms with E-state index in [4.69, 9.17) is 0 Å². The summed E-state index contributed by atoms with van der Waals surface area (Å²) < 4.78 is 28.7. The summed E-state index contributed by atoms with van der Waals surface area (Å²) in [5.41, 5.74) is 3.14. The van der Waals surface area contributed by atoms with Crippen LogP contribution < -0.4 is 9.62 Å². The molecule has 0 bridgehead atoms. The third-order valence-electron chi connectivity index (χ3n) is 6.18. The molecule has 196 valence electrons. The minimum absolute atomic E-state index is 0.0845. The number of carbonyl (C=O) groups is 2. The van der Waals surface area contributed by atoms with Crippen molar-refractivity contribution in [1.29, 1.82) is 0 Å². The van der Waals surface area contributed by atoms with E-state index in [2.05, 4.69) is 5.32 Å². The Bertz CT molecular complexity index is 1330. The molecule has 0 aliphatic rings. The molecule has 0 aliphatic carbocycles. The number of anilines is 1. The fourth-order valence-corrected chi connectivity index (χ4v) is 5.32. The van der Waals surface area contributed by atoms with Crippen molar-refractivity contribution >= 4 is 27.5 Å². The van der Waals surface area contributed by atoms with E-state index in [0.717, 1.165) is 21.0 Å². The van der Waals surface area contributed by atoms with Gasteiger partial charge < -0.3 is 10.2 Å². The van der Waals surface area contributed by atoms with Crippen LogP contribution in [0.25, 0.3) is 0 Å². The molecule has 0 saturated heterocycles. The molecular formula is C29H35N3O4S. The van der Waals surface area contributed by atoms with Gasteiger partial charge in [0, 0.05) is 12.6 Å². The monoisotopic (exact) mass is 521 g/mol. The zero-order valence-electron chi connectivity index (χ0n) is 22.0. The summed E-state index contributed by atoms with van der Waals surface area (Å²) >= 11 is 0. The van der Waals surface area contributed by atoms with Gasteiger partial charge in [0.1, 0.15) is 12.6 Å². The Morgan fingerprint density at radius 1 is 0.838 bits per heavy atom. The summed E-state index contributed by atoms with van der Waals surface area (Å²) in [6.07, 6.45) is 0. The van der Waals surface area contributed by atoms with Crippen LogP contribution in [0, 0.1) is 13.8 Å². The van der Waals surface area contributed by atoms with Crippen molar-refractivity contribution in [2.45, 2.75) is 58.1 Å². The number of nitrogens with zero attached hydrogens (tertiary/aromatic N) is 2. The quantitative estimate of drug-likeness (QED) is 0.427. The molecule has 3 aromatic rings. The normalized spacial score (nSPS) is 12.2. The predicted octanol–water partition coefficient (Wildman–Crippen LogP) is 4.44. The molecule has 7 nitrogen and oxygen atoms in total. The van der Waals surface area contributed by atoms with E-state index < -0.39 is 28.5 Å². The predicted molar refractivity (Wildman–Crippen MR) is 147 cm³/mol. The van der Waals surface area contributed by atoms with Gasteiger partial charge in [-0.3, -0.25) is 13.9 Å². The number of aryl methyl sites for hydroxylation is 2. The smallest absolute Gasteiger partial charge is 0.264 e. The first-order valence-corrected chi connectivity index (χ1v) is 13.7. The minimum Gasteiger partial charge on any atom is -0.352 e. The molecule has 8 heteroatoms. The third kappa shape index (κ3) is 6.98. The topological polar surface area (TPSA) is 86.8 Å². The summed E-state index contributed by atoms with van der Waals surface area (Å²) in [6, 6.07) is 21.8. The van der Waals surface area contributed by atoms with Gasteiger partial charge in [-0.15, -0.1) is 0 Å². The molecule has 0 radical (unpaired) electrons. The summed E-state index contributed by atoms with van der Waals surface area (Å²) in [6.45, 7) is 8.91. The Hall–Kier alpha value is -3.65. The number of sulfonamides is 1. The van der Waals surface area contributed by atoms with Gasteiger partial charge in [-0.25, -0.2) is 8.42 Å². The zero-order valence-corrected chi connectivity index (χ0v) is 22.8. The first kappa shape index (κ1) is 27.9. The Morgan fingerprint density at radius 3 is 2.00 bits per heavy atom. The average Bonchev–Trinajstić information content (AvgIpc) is 2.87. The van der Waals surface area contributed by atoms with E-state index in [1.807, 2.05) is 64.1 Å². The van der Waals surface area contributed by atoms with Gasteiger partial charge in [0.05, 0.1) is 10.6 Å². The number of hydrogen-bond acceptors (Lipinski definition) is 4. The summed E-state index contributed by atoms with van der Waals surface area (Å²) in [7, 11) is -4.06. The van der Waals surface area contributed by atoms with Gasteiger partial charge in [-0.1, -0.05) is 54.6 Å². The zero-order chi connectivity index (χ0) is 27.2. The highest BCUT2D eigenvalue weighted by atomic mass is 32.2. The first-order chi connectivity index (χ1) is 17.5. The lowest BCUT2D eigenvalue weighted by atomic mass is 10.1. The standard InChI is InChI=1S/C29H35N3O4S/c1-21(2)30-29(34)24(5)31(19-25-12-8-6-9-13-25)28(33)20-32(26-17-16-22(3)23(4)18-26)37(35,36)27-14-10-7-11-15-27/h6-18,21,24H,19-20H2,1-5H3,(H,30,34)/t24-/m0/s1. The molecule has 0 unspecified atom stereocenters. The Kier molecular flexibility index (Phi) is 9.10. The maximum atomic E-state index is 13.8. The SMILES string of the molecule is Cc1ccc(N(CC(=O)N(Cc2ccccc2)[C@@H](C)C(=O)NC(C)C)S(=O)(=O)c2ccccc2)cc1C. The minimum atomic E-state index is -4.06. The Balaban J connectivity index is 2.03. The van der Waals surface area contributed by atoms with Gasteiger partial charge in [-0.05, 0) is 75.6 Å². The van der Waals surface area contributed by atoms with E-state index >= 15 is 0 Å². The van der Waals surface area contributed by atoms with Crippen LogP contribution in [0.15, 0.2) is 83.8 Å². The lowest BCUT2D eigenvalue weighted by Crippen LogP contribution is -2.52. The number of benzene rings is 3. The van der Waals surface area contributed by atoms with Crippen molar-refractivity contribution in [3.8, 4) is 0 Å². The average molecular weight is 522 g/mol. The van der Waals surface area contributed by atoms with Gasteiger partial charge in [0.25, 0.3) is 10.0 Å². The second-order valence-electron chi connectivity index (χ2n) is 9.44. The van der Waals surface area contributed by atoms with Crippen LogP contribution in [0.5, 0.6) is 0 Å². The van der Waals surface area contributed by atoms with Crippen LogP contribution in [0.1, 0.15) is 37.5 Å². The summed E-state index contributed by atoms with van der Waals surface area (Å²) in [4.78, 5) is 28.3. The molecular weight excluding hydrogens is 486 g/mol. The Morgan fingerprint density at radius 2 is 1.43 bits per heavy atom. The summed E-state index contributed by atoms with van der Waals surface area (Å²) in [5.74, 6) is -0.782. The van der Waals surface area contributed by atoms with Gasteiger partial charge in [0.15, 0.2) is 0 Å². The molecule has 0 saturated carbocycles. The molecule has 3 aromatic carbocycles. The van der Waals surface area contributed by atoms with Crippen LogP contribution in [0.3, 0.4) is 0 Å². The van der Waals surface area contributed by atoms with Crippen LogP contribution >= 0.6 is 0 Å². The molecule has 1 N–H and O–H groups in total. The maximum absolute atomic E-state index is 13.8. The number of nitrogens with one attached hydrogen (secondary N) is 1. The van der Waals surface area contributed by atoms with Crippen LogP contribution in [-0.2, 0) is 26.2 Å². The fourth-order valence-electron chi connectivity index (χ4n) is 3.90. The largest absolute Gasteiger partial charge is 0.352 e. The second-order valence-corrected chi connectivity index (χ2v) is 11.3. The highest BCUT2D eigenvalue weighted by Gasteiger charge is 2.32. The highest BCUT2D eigenvalue weighted by molar-refractivity contribution is 7.92. The van der Waals surface area contributed by atoms with E-state index in [1.165, 1.54) is 17.0 Å². The number of carbonyl (C=O) groups excluding carboxylic acids is 2. The molecule has 0 aliphatic heterocycles. The van der Waals surface area contributed by atoms with Gasteiger partial charge in [-0.2, -0.15) is 0 Å². The number of hydrogen-bond donors (Lipinski definition) is 1. The molecule has 2 amide bonds. The number of amides is 2. The van der Waals surface area contributed by atoms with E-state index in [0.29, 0.717) is 5.69 Å². The van der Waals surface area contributed by atoms with Crippen molar-refractivity contribution in [1.82, 2.24) is 10.2 Å². The lowest BCUT2D eigenvalue weighted by Gasteiger charge is -2.32.